The van der Waals surface area contributed by atoms with E-state index in [0.717, 1.165) is 30.6 Å². The van der Waals surface area contributed by atoms with Crippen molar-refractivity contribution >= 4 is 34.6 Å². The van der Waals surface area contributed by atoms with Crippen LogP contribution in [0, 0.1) is 11.6 Å². The van der Waals surface area contributed by atoms with Crippen molar-refractivity contribution in [3.8, 4) is 10.6 Å². The minimum atomic E-state index is -2.70. The highest BCUT2D eigenvalue weighted by Crippen LogP contribution is 2.35. The number of hydrogen-bond acceptors (Lipinski definition) is 7. The fraction of sp³-hybridized carbons (Fsp3) is 0.300. The van der Waals surface area contributed by atoms with Gasteiger partial charge in [0.25, 0.3) is 12.3 Å². The summed E-state index contributed by atoms with van der Waals surface area (Å²) in [5, 5.41) is 4.22. The Morgan fingerprint density at radius 2 is 1.91 bits per heavy atom. The second kappa shape index (κ2) is 10.9. The second-order valence-corrected chi connectivity index (χ2v) is 8.38. The molecular weight excluding hydrogens is 466 g/mol. The van der Waals surface area contributed by atoms with Crippen molar-refractivity contribution in [1.29, 1.82) is 0 Å². The summed E-state index contributed by atoms with van der Waals surface area (Å²) in [7, 11) is 0. The molecule has 0 spiro atoms. The molecule has 0 saturated heterocycles. The summed E-state index contributed by atoms with van der Waals surface area (Å²) in [6.45, 7) is 4.03. The molecule has 178 valence electrons. The molecule has 2 amide bonds. The zero-order valence-electron chi connectivity index (χ0n) is 17.8. The number of carbonyl (C=O) groups excluding carboxylic acids is 2. The standard InChI is InChI=1S/C20H21F4N5O3S/c1-20(2,3)32-19(31)29-18-15(16(30)27-10(7-25)8-26-9-13(23)24)28-17(33-18)14-11(21)5-4-6-12(14)22/h4-8,13H,9,25H2,1-3H3,(H,27,30)(H,29,31). The van der Waals surface area contributed by atoms with Crippen molar-refractivity contribution in [1.82, 2.24) is 10.3 Å². The van der Waals surface area contributed by atoms with Gasteiger partial charge in [-0.1, -0.05) is 17.4 Å². The number of nitrogens with zero attached hydrogens (tertiary/aromatic N) is 2. The van der Waals surface area contributed by atoms with E-state index >= 15 is 0 Å². The van der Waals surface area contributed by atoms with Crippen molar-refractivity contribution in [2.24, 2.45) is 10.7 Å². The number of allylic oxidation sites excluding steroid dienone is 1. The van der Waals surface area contributed by atoms with Crippen LogP contribution < -0.4 is 16.4 Å². The molecule has 0 bridgehead atoms. The smallest absolute Gasteiger partial charge is 0.412 e. The van der Waals surface area contributed by atoms with E-state index in [1.54, 1.807) is 20.8 Å². The Labute approximate surface area is 190 Å². The van der Waals surface area contributed by atoms with E-state index in [9.17, 15) is 27.2 Å². The summed E-state index contributed by atoms with van der Waals surface area (Å²) in [5.74, 6) is -2.80. The van der Waals surface area contributed by atoms with Crippen molar-refractivity contribution in [2.75, 3.05) is 11.9 Å². The third-order valence-electron chi connectivity index (χ3n) is 3.54. The van der Waals surface area contributed by atoms with E-state index in [4.69, 9.17) is 10.5 Å². The average molecular weight is 487 g/mol. The van der Waals surface area contributed by atoms with Gasteiger partial charge in [-0.05, 0) is 32.9 Å². The first-order chi connectivity index (χ1) is 15.4. The molecule has 0 saturated carbocycles. The Balaban J connectivity index is 2.41. The van der Waals surface area contributed by atoms with Gasteiger partial charge in [-0.2, -0.15) is 0 Å². The lowest BCUT2D eigenvalue weighted by Crippen LogP contribution is -2.29. The number of hydrogen-bond donors (Lipinski definition) is 3. The number of anilines is 1. The largest absolute Gasteiger partial charge is 0.444 e. The van der Waals surface area contributed by atoms with Gasteiger partial charge in [0.05, 0.1) is 17.8 Å². The Morgan fingerprint density at radius 3 is 2.45 bits per heavy atom. The van der Waals surface area contributed by atoms with Gasteiger partial charge in [-0.3, -0.25) is 15.1 Å². The highest BCUT2D eigenvalue weighted by Gasteiger charge is 2.26. The van der Waals surface area contributed by atoms with Crippen LogP contribution in [0.2, 0.25) is 0 Å². The van der Waals surface area contributed by atoms with E-state index in [1.807, 2.05) is 0 Å². The molecule has 1 heterocycles. The number of halogens is 4. The number of rotatable bonds is 7. The topological polar surface area (TPSA) is 119 Å². The van der Waals surface area contributed by atoms with E-state index < -0.39 is 53.5 Å². The van der Waals surface area contributed by atoms with Gasteiger partial charge >= 0.3 is 6.09 Å². The summed E-state index contributed by atoms with van der Waals surface area (Å²) >= 11 is 0.633. The van der Waals surface area contributed by atoms with Gasteiger partial charge in [0.15, 0.2) is 5.69 Å². The van der Waals surface area contributed by atoms with Gasteiger partial charge in [0, 0.05) is 12.4 Å². The normalized spacial score (nSPS) is 12.3. The number of alkyl halides is 2. The zero-order chi connectivity index (χ0) is 24.8. The Bertz CT molecular complexity index is 1060. The Morgan fingerprint density at radius 1 is 1.27 bits per heavy atom. The van der Waals surface area contributed by atoms with Crippen LogP contribution in [0.1, 0.15) is 31.3 Å². The summed E-state index contributed by atoms with van der Waals surface area (Å²) in [6, 6.07) is 3.18. The minimum absolute atomic E-state index is 0.143. The lowest BCUT2D eigenvalue weighted by atomic mass is 10.2. The van der Waals surface area contributed by atoms with Crippen molar-refractivity contribution in [3.63, 3.8) is 0 Å². The highest BCUT2D eigenvalue weighted by atomic mass is 32.1. The predicted molar refractivity (Wildman–Crippen MR) is 116 cm³/mol. The van der Waals surface area contributed by atoms with Gasteiger partial charge in [0.1, 0.15) is 27.2 Å². The maximum atomic E-state index is 14.2. The van der Waals surface area contributed by atoms with Gasteiger partial charge < -0.3 is 15.8 Å². The number of nitrogens with one attached hydrogen (secondary N) is 2. The third kappa shape index (κ3) is 7.56. The molecule has 33 heavy (non-hydrogen) atoms. The van der Waals surface area contributed by atoms with Gasteiger partial charge in [-0.15, -0.1) is 0 Å². The molecule has 0 aliphatic heterocycles. The quantitative estimate of drug-likeness (QED) is 0.398. The second-order valence-electron chi connectivity index (χ2n) is 7.38. The molecule has 0 aliphatic carbocycles. The number of amides is 2. The van der Waals surface area contributed by atoms with Crippen LogP contribution >= 0.6 is 11.3 Å². The maximum Gasteiger partial charge on any atom is 0.412 e. The van der Waals surface area contributed by atoms with E-state index in [0.29, 0.717) is 11.3 Å². The monoisotopic (exact) mass is 487 g/mol. The summed E-state index contributed by atoms with van der Waals surface area (Å²) in [4.78, 5) is 32.4. The number of carbonyl (C=O) groups is 2. The lowest BCUT2D eigenvalue weighted by molar-refractivity contribution is 0.0636. The molecule has 2 aromatic rings. The van der Waals surface area contributed by atoms with Crippen molar-refractivity contribution in [3.05, 3.63) is 47.4 Å². The molecule has 2 rings (SSSR count). The molecule has 4 N–H and O–H groups in total. The highest BCUT2D eigenvalue weighted by molar-refractivity contribution is 7.19. The molecule has 0 atom stereocenters. The van der Waals surface area contributed by atoms with Crippen LogP contribution in [0.15, 0.2) is 35.1 Å². The fourth-order valence-electron chi connectivity index (χ4n) is 2.30. The van der Waals surface area contributed by atoms with Crippen LogP contribution in [0.5, 0.6) is 0 Å². The summed E-state index contributed by atoms with van der Waals surface area (Å²) < 4.78 is 58.2. The third-order valence-corrected chi connectivity index (χ3v) is 4.53. The van der Waals surface area contributed by atoms with Crippen LogP contribution in [-0.4, -0.2) is 41.8 Å². The zero-order valence-corrected chi connectivity index (χ0v) is 18.6. The lowest BCUT2D eigenvalue weighted by Gasteiger charge is -2.19. The first kappa shape index (κ1) is 25.8. The van der Waals surface area contributed by atoms with Gasteiger partial charge in [-0.25, -0.2) is 27.3 Å². The fourth-order valence-corrected chi connectivity index (χ4v) is 3.30. The van der Waals surface area contributed by atoms with Crippen LogP contribution in [-0.2, 0) is 4.74 Å². The SMILES string of the molecule is CC(C)(C)OC(=O)Nc1sc(-c2c(F)cccc2F)nc1C(=O)NC(C=NCC(F)F)=CN. The molecule has 8 nitrogen and oxygen atoms in total. The number of benzene rings is 1. The number of thiazole rings is 1. The van der Waals surface area contributed by atoms with E-state index in [1.165, 1.54) is 0 Å². The molecular formula is C20H21F4N5O3S. The molecule has 0 aliphatic rings. The minimum Gasteiger partial charge on any atom is -0.444 e. The molecule has 1 aromatic carbocycles. The first-order valence-corrected chi connectivity index (χ1v) is 10.2. The Hall–Kier alpha value is -3.48. The number of ether oxygens (including phenoxy) is 1. The van der Waals surface area contributed by atoms with Crippen molar-refractivity contribution < 1.29 is 31.9 Å². The molecule has 0 unspecified atom stereocenters. The van der Waals surface area contributed by atoms with E-state index in [2.05, 4.69) is 20.6 Å². The summed E-state index contributed by atoms with van der Waals surface area (Å²) in [5.41, 5.74) is 3.46. The molecule has 0 fully saturated rings. The Kier molecular flexibility index (Phi) is 8.51. The predicted octanol–water partition coefficient (Wildman–Crippen LogP) is 4.30. The number of aliphatic imine (C=N–C) groups is 1. The number of nitrogens with two attached hydrogens (primary N) is 1. The number of aromatic nitrogens is 1. The van der Waals surface area contributed by atoms with Gasteiger partial charge in [0.2, 0.25) is 0 Å². The van der Waals surface area contributed by atoms with Crippen LogP contribution in [0.3, 0.4) is 0 Å². The molecule has 13 heteroatoms. The van der Waals surface area contributed by atoms with Crippen molar-refractivity contribution in [2.45, 2.75) is 32.8 Å². The molecule has 1 aromatic heterocycles. The van der Waals surface area contributed by atoms with E-state index in [-0.39, 0.29) is 15.7 Å². The maximum absolute atomic E-state index is 14.2. The average Bonchev–Trinajstić information content (AvgIpc) is 3.08. The van der Waals surface area contributed by atoms with Crippen LogP contribution in [0.25, 0.3) is 10.6 Å². The molecule has 0 radical (unpaired) electrons. The summed E-state index contributed by atoms with van der Waals surface area (Å²) in [6.07, 6.45) is -1.82. The first-order valence-electron chi connectivity index (χ1n) is 9.37. The van der Waals surface area contributed by atoms with Crippen LogP contribution in [0.4, 0.5) is 27.4 Å².